The Balaban J connectivity index is 2.79. The number of benzene rings is 1. The molecule has 98 valence electrons. The van der Waals surface area contributed by atoms with E-state index in [4.69, 9.17) is 4.74 Å². The molecular weight excluding hydrogens is 234 g/mol. The number of rotatable bonds is 5. The van der Waals surface area contributed by atoms with Gasteiger partial charge in [-0.25, -0.2) is 0 Å². The van der Waals surface area contributed by atoms with Gasteiger partial charge in [-0.15, -0.1) is 0 Å². The van der Waals surface area contributed by atoms with Crippen molar-refractivity contribution < 1.29 is 19.4 Å². The maximum absolute atomic E-state index is 11.8. The molecule has 18 heavy (non-hydrogen) atoms. The van der Waals surface area contributed by atoms with Gasteiger partial charge in [0.15, 0.2) is 17.3 Å². The quantitative estimate of drug-likeness (QED) is 0.831. The van der Waals surface area contributed by atoms with Gasteiger partial charge in [-0.3, -0.25) is 9.59 Å². The van der Waals surface area contributed by atoms with E-state index < -0.39 is 11.9 Å². The first-order valence-electron chi connectivity index (χ1n) is 5.70. The molecular formula is C13H17NO4. The molecule has 0 bridgehead atoms. The van der Waals surface area contributed by atoms with E-state index in [0.29, 0.717) is 12.2 Å². The smallest absolute Gasteiger partial charge is 0.251 e. The van der Waals surface area contributed by atoms with Gasteiger partial charge >= 0.3 is 0 Å². The van der Waals surface area contributed by atoms with Crippen LogP contribution in [0.3, 0.4) is 0 Å². The van der Waals surface area contributed by atoms with Crippen molar-refractivity contribution in [3.63, 3.8) is 0 Å². The number of ether oxygens (including phenoxy) is 1. The molecule has 1 rings (SSSR count). The van der Waals surface area contributed by atoms with Crippen molar-refractivity contribution >= 4 is 11.7 Å². The monoisotopic (exact) mass is 251 g/mol. The third kappa shape index (κ3) is 3.23. The molecule has 5 heteroatoms. The number of ketones is 1. The van der Waals surface area contributed by atoms with Crippen LogP contribution in [0.25, 0.3) is 0 Å². The topological polar surface area (TPSA) is 75.6 Å². The summed E-state index contributed by atoms with van der Waals surface area (Å²) < 4.78 is 4.88. The van der Waals surface area contributed by atoms with Crippen LogP contribution in [-0.2, 0) is 4.79 Å². The van der Waals surface area contributed by atoms with Gasteiger partial charge in [-0.1, -0.05) is 6.92 Å². The van der Waals surface area contributed by atoms with Crippen LogP contribution in [0.4, 0.5) is 0 Å². The number of aromatic hydroxyl groups is 1. The molecule has 0 spiro atoms. The Morgan fingerprint density at radius 1 is 1.44 bits per heavy atom. The molecule has 0 saturated carbocycles. The number of hydrogen-bond donors (Lipinski definition) is 2. The van der Waals surface area contributed by atoms with Crippen LogP contribution in [0.1, 0.15) is 30.6 Å². The van der Waals surface area contributed by atoms with Gasteiger partial charge in [-0.05, 0) is 25.1 Å². The van der Waals surface area contributed by atoms with Crippen LogP contribution < -0.4 is 10.1 Å². The molecule has 1 unspecified atom stereocenters. The molecule has 0 aromatic heterocycles. The molecule has 0 fully saturated rings. The first-order chi connectivity index (χ1) is 8.49. The zero-order valence-electron chi connectivity index (χ0n) is 10.7. The normalized spacial score (nSPS) is 11.7. The number of amides is 1. The predicted octanol–water partition coefficient (Wildman–Crippen LogP) is 1.50. The van der Waals surface area contributed by atoms with Crippen molar-refractivity contribution in [1.29, 1.82) is 0 Å². The Kier molecular flexibility index (Phi) is 4.71. The molecule has 0 aliphatic rings. The minimum atomic E-state index is -0.535. The maximum atomic E-state index is 11.8. The lowest BCUT2D eigenvalue weighted by Crippen LogP contribution is -2.38. The SMILES string of the molecule is CCC(=O)C(C)NC(=O)c1ccc(OC)c(O)c1. The molecule has 1 amide bonds. The first-order valence-corrected chi connectivity index (χ1v) is 5.70. The summed E-state index contributed by atoms with van der Waals surface area (Å²) in [6.07, 6.45) is 0.370. The van der Waals surface area contributed by atoms with E-state index in [1.54, 1.807) is 13.8 Å². The van der Waals surface area contributed by atoms with Crippen molar-refractivity contribution in [3.8, 4) is 11.5 Å². The summed E-state index contributed by atoms with van der Waals surface area (Å²) >= 11 is 0. The van der Waals surface area contributed by atoms with Gasteiger partial charge in [-0.2, -0.15) is 0 Å². The van der Waals surface area contributed by atoms with Crippen molar-refractivity contribution in [1.82, 2.24) is 5.32 Å². The van der Waals surface area contributed by atoms with E-state index in [1.807, 2.05) is 0 Å². The fourth-order valence-electron chi connectivity index (χ4n) is 1.50. The number of phenolic OH excluding ortho intramolecular Hbond substituents is 1. The number of methoxy groups -OCH3 is 1. The Morgan fingerprint density at radius 2 is 2.11 bits per heavy atom. The van der Waals surface area contributed by atoms with E-state index in [1.165, 1.54) is 25.3 Å². The lowest BCUT2D eigenvalue weighted by atomic mass is 10.1. The zero-order chi connectivity index (χ0) is 13.7. The fraction of sp³-hybridized carbons (Fsp3) is 0.385. The molecule has 0 aliphatic heterocycles. The number of carbonyl (C=O) groups is 2. The summed E-state index contributed by atoms with van der Waals surface area (Å²) in [7, 11) is 1.43. The lowest BCUT2D eigenvalue weighted by molar-refractivity contribution is -0.120. The van der Waals surface area contributed by atoms with Gasteiger partial charge in [0.25, 0.3) is 5.91 Å². The summed E-state index contributed by atoms with van der Waals surface area (Å²) in [5.41, 5.74) is 0.282. The van der Waals surface area contributed by atoms with Gasteiger partial charge in [0, 0.05) is 12.0 Å². The van der Waals surface area contributed by atoms with Gasteiger partial charge in [0.05, 0.1) is 13.2 Å². The van der Waals surface area contributed by atoms with Crippen LogP contribution in [0, 0.1) is 0 Å². The summed E-state index contributed by atoms with van der Waals surface area (Å²) in [5.74, 6) is -0.257. The van der Waals surface area contributed by atoms with Crippen molar-refractivity contribution in [3.05, 3.63) is 23.8 Å². The highest BCUT2D eigenvalue weighted by Gasteiger charge is 2.16. The molecule has 0 radical (unpaired) electrons. The lowest BCUT2D eigenvalue weighted by Gasteiger charge is -2.12. The van der Waals surface area contributed by atoms with Crippen molar-refractivity contribution in [2.24, 2.45) is 0 Å². The number of hydrogen-bond acceptors (Lipinski definition) is 4. The Bertz CT molecular complexity index is 456. The van der Waals surface area contributed by atoms with E-state index in [-0.39, 0.29) is 17.1 Å². The van der Waals surface area contributed by atoms with Gasteiger partial charge in [0.2, 0.25) is 0 Å². The molecule has 5 nitrogen and oxygen atoms in total. The number of carbonyl (C=O) groups excluding carboxylic acids is 2. The molecule has 0 saturated heterocycles. The summed E-state index contributed by atoms with van der Waals surface area (Å²) in [5, 5.41) is 12.1. The average Bonchev–Trinajstić information content (AvgIpc) is 2.37. The molecule has 0 aliphatic carbocycles. The number of Topliss-reactive ketones (excluding diaryl/α,β-unsaturated/α-hetero) is 1. The first kappa shape index (κ1) is 14.0. The van der Waals surface area contributed by atoms with Crippen LogP contribution in [0.5, 0.6) is 11.5 Å². The number of phenols is 1. The summed E-state index contributed by atoms with van der Waals surface area (Å²) in [6.45, 7) is 3.37. The second-order valence-electron chi connectivity index (χ2n) is 3.90. The number of nitrogens with one attached hydrogen (secondary N) is 1. The van der Waals surface area contributed by atoms with Crippen LogP contribution in [0.2, 0.25) is 0 Å². The minimum absolute atomic E-state index is 0.0407. The largest absolute Gasteiger partial charge is 0.504 e. The standard InChI is InChI=1S/C13H17NO4/c1-4-10(15)8(2)14-13(17)9-5-6-12(18-3)11(16)7-9/h5-8,16H,4H2,1-3H3,(H,14,17). The minimum Gasteiger partial charge on any atom is -0.504 e. The fourth-order valence-corrected chi connectivity index (χ4v) is 1.50. The third-order valence-corrected chi connectivity index (χ3v) is 2.62. The highest BCUT2D eigenvalue weighted by Crippen LogP contribution is 2.26. The molecule has 1 aromatic rings. The highest BCUT2D eigenvalue weighted by molar-refractivity contribution is 5.98. The summed E-state index contributed by atoms with van der Waals surface area (Å²) in [4.78, 5) is 23.2. The third-order valence-electron chi connectivity index (χ3n) is 2.62. The predicted molar refractivity (Wildman–Crippen MR) is 66.9 cm³/mol. The molecule has 2 N–H and O–H groups in total. The van der Waals surface area contributed by atoms with Crippen LogP contribution in [-0.4, -0.2) is 29.9 Å². The van der Waals surface area contributed by atoms with E-state index in [2.05, 4.69) is 5.32 Å². The molecule has 1 aromatic carbocycles. The zero-order valence-corrected chi connectivity index (χ0v) is 10.7. The Labute approximate surface area is 106 Å². The Morgan fingerprint density at radius 3 is 2.61 bits per heavy atom. The molecule has 1 atom stereocenters. The maximum Gasteiger partial charge on any atom is 0.251 e. The van der Waals surface area contributed by atoms with Crippen molar-refractivity contribution in [2.45, 2.75) is 26.3 Å². The van der Waals surface area contributed by atoms with E-state index in [0.717, 1.165) is 0 Å². The van der Waals surface area contributed by atoms with E-state index >= 15 is 0 Å². The van der Waals surface area contributed by atoms with E-state index in [9.17, 15) is 14.7 Å². The second kappa shape index (κ2) is 6.05. The summed E-state index contributed by atoms with van der Waals surface area (Å²) in [6, 6.07) is 3.79. The van der Waals surface area contributed by atoms with Crippen molar-refractivity contribution in [2.75, 3.05) is 7.11 Å². The molecule has 0 heterocycles. The highest BCUT2D eigenvalue weighted by atomic mass is 16.5. The van der Waals surface area contributed by atoms with Crippen LogP contribution >= 0.6 is 0 Å². The Hall–Kier alpha value is -2.04. The van der Waals surface area contributed by atoms with Crippen LogP contribution in [0.15, 0.2) is 18.2 Å². The average molecular weight is 251 g/mol. The van der Waals surface area contributed by atoms with Gasteiger partial charge < -0.3 is 15.2 Å². The van der Waals surface area contributed by atoms with Gasteiger partial charge in [0.1, 0.15) is 0 Å². The second-order valence-corrected chi connectivity index (χ2v) is 3.90.